The number of hydrogen-bond donors (Lipinski definition) is 2. The van der Waals surface area contributed by atoms with E-state index in [1.165, 1.54) is 0 Å². The number of nitrogens with zero attached hydrogens (tertiary/aromatic N) is 3. The fourth-order valence-electron chi connectivity index (χ4n) is 3.95. The number of hydrogen-bond acceptors (Lipinski definition) is 4. The topological polar surface area (TPSA) is 66.5 Å². The van der Waals surface area contributed by atoms with Gasteiger partial charge in [-0.05, 0) is 72.9 Å². The maximum absolute atomic E-state index is 9.68. The van der Waals surface area contributed by atoms with E-state index in [-0.39, 0.29) is 17.8 Å². The first-order valence-electron chi connectivity index (χ1n) is 9.68. The summed E-state index contributed by atoms with van der Waals surface area (Å²) < 4.78 is 7.72. The number of phenols is 1. The van der Waals surface area contributed by atoms with Crippen LogP contribution >= 0.6 is 12.2 Å². The molecule has 0 amide bonds. The second-order valence-corrected chi connectivity index (χ2v) is 7.54. The molecule has 7 heteroatoms. The predicted octanol–water partition coefficient (Wildman–Crippen LogP) is 4.34. The van der Waals surface area contributed by atoms with Crippen LogP contribution in [0.1, 0.15) is 29.2 Å². The standard InChI is InChI=1S/C23H20N4O2S/c28-17-10-8-16(9-11-17)26-13-3-7-20(26)22-21(19-6-1-2-12-24-19)25-23(30)27(22)15-18-5-4-14-29-18/h1-14,21-22,28H,15H2,(H,25,30)/t21-,22+/m0/s1. The van der Waals surface area contributed by atoms with Crippen molar-refractivity contribution in [2.45, 2.75) is 18.6 Å². The number of nitrogens with one attached hydrogen (secondary N) is 1. The number of pyridine rings is 1. The van der Waals surface area contributed by atoms with Crippen molar-refractivity contribution >= 4 is 17.3 Å². The van der Waals surface area contributed by atoms with Crippen LogP contribution in [0.3, 0.4) is 0 Å². The molecule has 1 fully saturated rings. The molecule has 2 atom stereocenters. The van der Waals surface area contributed by atoms with Crippen molar-refractivity contribution in [2.24, 2.45) is 0 Å². The molecule has 3 aromatic heterocycles. The minimum Gasteiger partial charge on any atom is -0.508 e. The van der Waals surface area contributed by atoms with E-state index in [2.05, 4.69) is 25.8 Å². The number of aromatic hydroxyl groups is 1. The normalized spacial score (nSPS) is 18.5. The van der Waals surface area contributed by atoms with Gasteiger partial charge in [0.2, 0.25) is 0 Å². The van der Waals surface area contributed by atoms with E-state index in [4.69, 9.17) is 16.6 Å². The van der Waals surface area contributed by atoms with Crippen molar-refractivity contribution < 1.29 is 9.52 Å². The van der Waals surface area contributed by atoms with Gasteiger partial charge in [-0.1, -0.05) is 6.07 Å². The summed E-state index contributed by atoms with van der Waals surface area (Å²) >= 11 is 5.72. The lowest BCUT2D eigenvalue weighted by Crippen LogP contribution is -2.29. The molecule has 1 aromatic carbocycles. The first kappa shape index (κ1) is 18.4. The van der Waals surface area contributed by atoms with E-state index < -0.39 is 0 Å². The number of benzene rings is 1. The van der Waals surface area contributed by atoms with Crippen LogP contribution in [0, 0.1) is 0 Å². The second kappa shape index (κ2) is 7.68. The van der Waals surface area contributed by atoms with Gasteiger partial charge in [-0.3, -0.25) is 4.98 Å². The van der Waals surface area contributed by atoms with Crippen molar-refractivity contribution in [2.75, 3.05) is 0 Å². The van der Waals surface area contributed by atoms with E-state index in [0.717, 1.165) is 22.8 Å². The van der Waals surface area contributed by atoms with Crippen LogP contribution in [-0.4, -0.2) is 24.7 Å². The van der Waals surface area contributed by atoms with Gasteiger partial charge in [0.15, 0.2) is 5.11 Å². The molecule has 5 rings (SSSR count). The summed E-state index contributed by atoms with van der Waals surface area (Å²) in [6.45, 7) is 0.549. The SMILES string of the molecule is Oc1ccc(-n2cccc2[C@@H]2[C@H](c3ccccn3)NC(=S)N2Cc2ccco2)cc1. The van der Waals surface area contributed by atoms with Crippen molar-refractivity contribution in [3.05, 3.63) is 103 Å². The average Bonchev–Trinajstić information content (AvgIpc) is 3.51. The summed E-state index contributed by atoms with van der Waals surface area (Å²) in [4.78, 5) is 6.72. The number of furan rings is 1. The number of rotatable bonds is 5. The smallest absolute Gasteiger partial charge is 0.170 e. The lowest BCUT2D eigenvalue weighted by atomic mass is 10.0. The minimum atomic E-state index is -0.112. The van der Waals surface area contributed by atoms with Gasteiger partial charge in [-0.25, -0.2) is 0 Å². The monoisotopic (exact) mass is 416 g/mol. The highest BCUT2D eigenvalue weighted by atomic mass is 32.1. The Labute approximate surface area is 179 Å². The summed E-state index contributed by atoms with van der Waals surface area (Å²) in [7, 11) is 0. The van der Waals surface area contributed by atoms with Crippen molar-refractivity contribution in [3.63, 3.8) is 0 Å². The van der Waals surface area contributed by atoms with Gasteiger partial charge >= 0.3 is 0 Å². The maximum atomic E-state index is 9.68. The molecular weight excluding hydrogens is 396 g/mol. The fraction of sp³-hybridized carbons (Fsp3) is 0.130. The van der Waals surface area contributed by atoms with E-state index in [9.17, 15) is 5.11 Å². The molecule has 1 saturated heterocycles. The Kier molecular flexibility index (Phi) is 4.72. The van der Waals surface area contributed by atoms with Crippen molar-refractivity contribution in [1.82, 2.24) is 19.8 Å². The molecule has 0 bridgehead atoms. The molecule has 0 radical (unpaired) electrons. The zero-order valence-corrected chi connectivity index (χ0v) is 16.9. The summed E-state index contributed by atoms with van der Waals surface area (Å²) in [6.07, 6.45) is 5.49. The van der Waals surface area contributed by atoms with Gasteiger partial charge in [0.25, 0.3) is 0 Å². The highest BCUT2D eigenvalue weighted by molar-refractivity contribution is 7.80. The van der Waals surface area contributed by atoms with E-state index in [1.54, 1.807) is 24.6 Å². The van der Waals surface area contributed by atoms with Gasteiger partial charge in [-0.2, -0.15) is 0 Å². The molecule has 0 spiro atoms. The van der Waals surface area contributed by atoms with Crippen LogP contribution < -0.4 is 5.32 Å². The quantitative estimate of drug-likeness (QED) is 0.472. The number of aromatic nitrogens is 2. The zero-order chi connectivity index (χ0) is 20.5. The third-order valence-corrected chi connectivity index (χ3v) is 5.67. The lowest BCUT2D eigenvalue weighted by molar-refractivity contribution is 0.280. The van der Waals surface area contributed by atoms with Crippen LogP contribution in [0.15, 0.2) is 89.8 Å². The van der Waals surface area contributed by atoms with Gasteiger partial charge in [0.1, 0.15) is 11.5 Å². The Morgan fingerprint density at radius 1 is 1.03 bits per heavy atom. The van der Waals surface area contributed by atoms with E-state index in [0.29, 0.717) is 11.7 Å². The minimum absolute atomic E-state index is 0.0960. The Bertz CT molecular complexity index is 1140. The zero-order valence-electron chi connectivity index (χ0n) is 16.1. The van der Waals surface area contributed by atoms with Crippen LogP contribution in [0.5, 0.6) is 5.75 Å². The molecule has 4 aromatic rings. The van der Waals surface area contributed by atoms with Crippen LogP contribution in [-0.2, 0) is 6.54 Å². The highest BCUT2D eigenvalue weighted by Crippen LogP contribution is 2.40. The first-order chi connectivity index (χ1) is 14.7. The molecule has 1 aliphatic rings. The summed E-state index contributed by atoms with van der Waals surface area (Å²) in [5.41, 5.74) is 2.95. The molecule has 0 saturated carbocycles. The molecule has 0 unspecified atom stereocenters. The van der Waals surface area contributed by atoms with Crippen LogP contribution in [0.25, 0.3) is 5.69 Å². The van der Waals surface area contributed by atoms with Crippen molar-refractivity contribution in [3.8, 4) is 11.4 Å². The van der Waals surface area contributed by atoms with Gasteiger partial charge < -0.3 is 24.3 Å². The lowest BCUT2D eigenvalue weighted by Gasteiger charge is -2.28. The Balaban J connectivity index is 1.60. The molecule has 6 nitrogen and oxygen atoms in total. The van der Waals surface area contributed by atoms with Crippen LogP contribution in [0.4, 0.5) is 0 Å². The van der Waals surface area contributed by atoms with Crippen molar-refractivity contribution in [1.29, 1.82) is 0 Å². The molecule has 150 valence electrons. The first-order valence-corrected chi connectivity index (χ1v) is 10.1. The molecule has 4 heterocycles. The summed E-state index contributed by atoms with van der Waals surface area (Å²) in [6, 6.07) is 20.8. The summed E-state index contributed by atoms with van der Waals surface area (Å²) in [5, 5.41) is 13.8. The molecular formula is C23H20N4O2S. The number of phenolic OH excluding ortho intramolecular Hbond substituents is 1. The Hall–Kier alpha value is -3.58. The van der Waals surface area contributed by atoms with Gasteiger partial charge in [0.05, 0.1) is 30.6 Å². The summed E-state index contributed by atoms with van der Waals surface area (Å²) in [5.74, 6) is 1.08. The number of thiocarbonyl (C=S) groups is 1. The largest absolute Gasteiger partial charge is 0.508 e. The average molecular weight is 417 g/mol. The third-order valence-electron chi connectivity index (χ3n) is 5.32. The van der Waals surface area contributed by atoms with E-state index >= 15 is 0 Å². The predicted molar refractivity (Wildman–Crippen MR) is 117 cm³/mol. The Morgan fingerprint density at radius 3 is 2.63 bits per heavy atom. The van der Waals surface area contributed by atoms with Gasteiger partial charge in [0, 0.05) is 23.8 Å². The molecule has 2 N–H and O–H groups in total. The Morgan fingerprint density at radius 2 is 1.90 bits per heavy atom. The maximum Gasteiger partial charge on any atom is 0.170 e. The fourth-order valence-corrected chi connectivity index (χ4v) is 4.26. The molecule has 0 aliphatic carbocycles. The third kappa shape index (κ3) is 3.33. The highest BCUT2D eigenvalue weighted by Gasteiger charge is 2.41. The van der Waals surface area contributed by atoms with Crippen LogP contribution in [0.2, 0.25) is 0 Å². The molecule has 1 aliphatic heterocycles. The van der Waals surface area contributed by atoms with E-state index in [1.807, 2.05) is 54.7 Å². The van der Waals surface area contributed by atoms with Gasteiger partial charge in [-0.15, -0.1) is 0 Å². The second-order valence-electron chi connectivity index (χ2n) is 7.15. The molecule has 30 heavy (non-hydrogen) atoms.